The van der Waals surface area contributed by atoms with Crippen molar-refractivity contribution in [2.75, 3.05) is 18.2 Å². The van der Waals surface area contributed by atoms with Gasteiger partial charge in [-0.1, -0.05) is 12.1 Å². The van der Waals surface area contributed by atoms with E-state index in [9.17, 15) is 14.4 Å². The van der Waals surface area contributed by atoms with E-state index >= 15 is 0 Å². The minimum Gasteiger partial charge on any atom is -0.484 e. The van der Waals surface area contributed by atoms with Gasteiger partial charge in [0.15, 0.2) is 12.4 Å². The van der Waals surface area contributed by atoms with Gasteiger partial charge >= 0.3 is 0 Å². The first-order valence-electron chi connectivity index (χ1n) is 8.10. The summed E-state index contributed by atoms with van der Waals surface area (Å²) in [5, 5.41) is 2.92. The Bertz CT molecular complexity index is 669. The number of carbonyl (C=O) groups is 3. The highest BCUT2D eigenvalue weighted by molar-refractivity contribution is 7.99. The second-order valence-electron chi connectivity index (χ2n) is 6.99. The summed E-state index contributed by atoms with van der Waals surface area (Å²) < 4.78 is 5.52. The summed E-state index contributed by atoms with van der Waals surface area (Å²) in [5.41, 5.74) is 0.187. The van der Waals surface area contributed by atoms with Gasteiger partial charge in [0.05, 0.1) is 5.88 Å². The number of ketones is 1. The smallest absolute Gasteiger partial charge is 0.261 e. The number of benzene rings is 1. The molecule has 2 rings (SSSR count). The van der Waals surface area contributed by atoms with E-state index in [1.807, 2.05) is 20.8 Å². The summed E-state index contributed by atoms with van der Waals surface area (Å²) in [6.45, 7) is 7.03. The lowest BCUT2D eigenvalue weighted by Crippen LogP contribution is -2.53. The molecule has 1 saturated heterocycles. The van der Waals surface area contributed by atoms with Crippen LogP contribution in [0.2, 0.25) is 0 Å². The number of nitrogens with zero attached hydrogens (tertiary/aromatic N) is 1. The minimum absolute atomic E-state index is 0.0633. The molecule has 25 heavy (non-hydrogen) atoms. The average molecular weight is 364 g/mol. The fraction of sp³-hybridized carbons (Fsp3) is 0.500. The van der Waals surface area contributed by atoms with E-state index in [0.29, 0.717) is 22.9 Å². The van der Waals surface area contributed by atoms with Gasteiger partial charge in [-0.25, -0.2) is 0 Å². The zero-order valence-corrected chi connectivity index (χ0v) is 15.8. The highest BCUT2D eigenvalue weighted by Gasteiger charge is 2.35. The zero-order chi connectivity index (χ0) is 18.6. The summed E-state index contributed by atoms with van der Waals surface area (Å²) >= 11 is 1.55. The number of ether oxygens (including phenoxy) is 1. The lowest BCUT2D eigenvalue weighted by molar-refractivity contribution is -0.140. The van der Waals surface area contributed by atoms with Gasteiger partial charge in [-0.3, -0.25) is 14.4 Å². The van der Waals surface area contributed by atoms with E-state index in [1.165, 1.54) is 6.92 Å². The molecule has 1 aromatic carbocycles. The Morgan fingerprint density at radius 3 is 2.68 bits per heavy atom. The standard InChI is InChI=1S/C18H24N2O4S/c1-12(21)13-6-5-7-14(8-13)24-9-16(22)20-11-25-10-15(20)17(23)19-18(2,3)4/h5-8,15H,9-11H2,1-4H3,(H,19,23). The second-order valence-corrected chi connectivity index (χ2v) is 7.99. The number of amides is 2. The predicted molar refractivity (Wildman–Crippen MR) is 97.8 cm³/mol. The van der Waals surface area contributed by atoms with Crippen LogP contribution in [-0.4, -0.2) is 52.3 Å². The number of nitrogens with one attached hydrogen (secondary N) is 1. The summed E-state index contributed by atoms with van der Waals surface area (Å²) in [7, 11) is 0. The fourth-order valence-corrected chi connectivity index (χ4v) is 3.57. The number of Topliss-reactive ketones (excluding diaryl/α,β-unsaturated/α-hetero) is 1. The number of hydrogen-bond donors (Lipinski definition) is 1. The van der Waals surface area contributed by atoms with Crippen LogP contribution in [0.5, 0.6) is 5.75 Å². The summed E-state index contributed by atoms with van der Waals surface area (Å²) in [4.78, 5) is 37.8. The quantitative estimate of drug-likeness (QED) is 0.810. The van der Waals surface area contributed by atoms with Crippen LogP contribution in [0.1, 0.15) is 38.1 Å². The van der Waals surface area contributed by atoms with Crippen molar-refractivity contribution in [1.29, 1.82) is 0 Å². The maximum Gasteiger partial charge on any atom is 0.261 e. The molecule has 0 aromatic heterocycles. The van der Waals surface area contributed by atoms with Crippen molar-refractivity contribution >= 4 is 29.4 Å². The maximum atomic E-state index is 12.5. The van der Waals surface area contributed by atoms with E-state index in [4.69, 9.17) is 4.74 Å². The molecule has 136 valence electrons. The van der Waals surface area contributed by atoms with E-state index < -0.39 is 6.04 Å². The summed E-state index contributed by atoms with van der Waals surface area (Å²) in [6, 6.07) is 6.23. The summed E-state index contributed by atoms with van der Waals surface area (Å²) in [6.07, 6.45) is 0. The second kappa shape index (κ2) is 7.91. The molecule has 1 heterocycles. The number of thioether (sulfide) groups is 1. The van der Waals surface area contributed by atoms with Crippen LogP contribution < -0.4 is 10.1 Å². The maximum absolute atomic E-state index is 12.5. The van der Waals surface area contributed by atoms with Gasteiger partial charge in [-0.05, 0) is 39.8 Å². The lowest BCUT2D eigenvalue weighted by Gasteiger charge is -2.27. The van der Waals surface area contributed by atoms with Gasteiger partial charge in [-0.2, -0.15) is 0 Å². The number of hydrogen-bond acceptors (Lipinski definition) is 5. The largest absolute Gasteiger partial charge is 0.484 e. The molecule has 7 heteroatoms. The first-order valence-corrected chi connectivity index (χ1v) is 9.26. The highest BCUT2D eigenvalue weighted by atomic mass is 32.2. The molecule has 0 saturated carbocycles. The molecule has 0 aliphatic carbocycles. The molecule has 1 aliphatic rings. The zero-order valence-electron chi connectivity index (χ0n) is 15.0. The predicted octanol–water partition coefficient (Wildman–Crippen LogP) is 2.08. The Balaban J connectivity index is 1.96. The van der Waals surface area contributed by atoms with Crippen molar-refractivity contribution in [3.8, 4) is 5.75 Å². The molecule has 1 unspecified atom stereocenters. The molecule has 0 spiro atoms. The van der Waals surface area contributed by atoms with Crippen molar-refractivity contribution in [1.82, 2.24) is 10.2 Å². The minimum atomic E-state index is -0.483. The van der Waals surface area contributed by atoms with Crippen molar-refractivity contribution in [3.05, 3.63) is 29.8 Å². The Morgan fingerprint density at radius 2 is 2.04 bits per heavy atom. The van der Waals surface area contributed by atoms with Gasteiger partial charge in [-0.15, -0.1) is 11.8 Å². The van der Waals surface area contributed by atoms with Crippen molar-refractivity contribution in [2.45, 2.75) is 39.3 Å². The fourth-order valence-electron chi connectivity index (χ4n) is 2.39. The number of carbonyl (C=O) groups excluding carboxylic acids is 3. The van der Waals surface area contributed by atoms with E-state index in [0.717, 1.165) is 0 Å². The monoisotopic (exact) mass is 364 g/mol. The van der Waals surface area contributed by atoms with Crippen LogP contribution in [0.15, 0.2) is 24.3 Å². The molecular weight excluding hydrogens is 340 g/mol. The van der Waals surface area contributed by atoms with E-state index in [-0.39, 0.29) is 29.7 Å². The molecule has 0 bridgehead atoms. The van der Waals surface area contributed by atoms with Crippen LogP contribution in [0.3, 0.4) is 0 Å². The lowest BCUT2D eigenvalue weighted by atomic mass is 10.1. The number of rotatable bonds is 5. The normalized spacial score (nSPS) is 17.3. The topological polar surface area (TPSA) is 75.7 Å². The Kier molecular flexibility index (Phi) is 6.11. The highest BCUT2D eigenvalue weighted by Crippen LogP contribution is 2.22. The van der Waals surface area contributed by atoms with Gasteiger partial charge in [0.25, 0.3) is 5.91 Å². The third-order valence-corrected chi connectivity index (χ3v) is 4.62. The molecule has 0 radical (unpaired) electrons. The van der Waals surface area contributed by atoms with Crippen LogP contribution in [0.4, 0.5) is 0 Å². The first kappa shape index (κ1) is 19.3. The van der Waals surface area contributed by atoms with Crippen LogP contribution >= 0.6 is 11.8 Å². The molecule has 1 aliphatic heterocycles. The van der Waals surface area contributed by atoms with Crippen molar-refractivity contribution < 1.29 is 19.1 Å². The van der Waals surface area contributed by atoms with Crippen LogP contribution in [0, 0.1) is 0 Å². The van der Waals surface area contributed by atoms with E-state index in [2.05, 4.69) is 5.32 Å². The third kappa shape index (κ3) is 5.49. The van der Waals surface area contributed by atoms with Gasteiger partial charge in [0.1, 0.15) is 11.8 Å². The molecule has 1 atom stereocenters. The molecular formula is C18H24N2O4S. The van der Waals surface area contributed by atoms with Gasteiger partial charge < -0.3 is 15.0 Å². The Morgan fingerprint density at radius 1 is 1.32 bits per heavy atom. The van der Waals surface area contributed by atoms with Crippen molar-refractivity contribution in [3.63, 3.8) is 0 Å². The van der Waals surface area contributed by atoms with Gasteiger partial charge in [0.2, 0.25) is 5.91 Å². The third-order valence-electron chi connectivity index (χ3n) is 3.61. The van der Waals surface area contributed by atoms with E-state index in [1.54, 1.807) is 40.9 Å². The Hall–Kier alpha value is -2.02. The summed E-state index contributed by atoms with van der Waals surface area (Å²) in [5.74, 6) is 1.05. The molecule has 2 amide bonds. The Labute approximate surface area is 152 Å². The van der Waals surface area contributed by atoms with Crippen molar-refractivity contribution in [2.24, 2.45) is 0 Å². The SMILES string of the molecule is CC(=O)c1cccc(OCC(=O)N2CSCC2C(=O)NC(C)(C)C)c1. The average Bonchev–Trinajstić information content (AvgIpc) is 3.01. The molecule has 1 fully saturated rings. The van der Waals surface area contributed by atoms with Gasteiger partial charge in [0, 0.05) is 16.9 Å². The molecule has 1 N–H and O–H groups in total. The molecule has 1 aromatic rings. The van der Waals surface area contributed by atoms with Crippen LogP contribution in [-0.2, 0) is 9.59 Å². The first-order chi connectivity index (χ1) is 11.7. The molecule has 6 nitrogen and oxygen atoms in total. The van der Waals surface area contributed by atoms with Crippen LogP contribution in [0.25, 0.3) is 0 Å².